The van der Waals surface area contributed by atoms with E-state index in [9.17, 15) is 0 Å². The van der Waals surface area contributed by atoms with E-state index in [0.29, 0.717) is 5.41 Å². The van der Waals surface area contributed by atoms with Crippen LogP contribution < -0.4 is 5.32 Å². The highest BCUT2D eigenvalue weighted by molar-refractivity contribution is 4.70. The van der Waals surface area contributed by atoms with E-state index >= 15 is 0 Å². The standard InChI is InChI=1S/C10H22N2.C2H6/c1-10(2,3)4-7-12-8-5-11-6-9-12;1-2/h11H,4-9H2,1-3H3;1-2H3. The molecule has 0 aromatic rings. The molecule has 0 saturated carbocycles. The first-order valence-corrected chi connectivity index (χ1v) is 6.01. The fraction of sp³-hybridized carbons (Fsp3) is 1.00. The lowest BCUT2D eigenvalue weighted by molar-refractivity contribution is 0.206. The number of rotatable bonds is 2. The van der Waals surface area contributed by atoms with Crippen LogP contribution in [0.4, 0.5) is 0 Å². The second-order valence-corrected chi connectivity index (χ2v) is 4.90. The van der Waals surface area contributed by atoms with E-state index in [4.69, 9.17) is 0 Å². The predicted molar refractivity (Wildman–Crippen MR) is 64.7 cm³/mol. The zero-order valence-electron chi connectivity index (χ0n) is 10.7. The zero-order chi connectivity index (χ0) is 11.0. The largest absolute Gasteiger partial charge is 0.314 e. The Hall–Kier alpha value is -0.0800. The van der Waals surface area contributed by atoms with Gasteiger partial charge in [-0.2, -0.15) is 0 Å². The van der Waals surface area contributed by atoms with Gasteiger partial charge in [-0.05, 0) is 18.4 Å². The second kappa shape index (κ2) is 7.24. The van der Waals surface area contributed by atoms with E-state index in [1.165, 1.54) is 39.1 Å². The van der Waals surface area contributed by atoms with Gasteiger partial charge in [0.2, 0.25) is 0 Å². The van der Waals surface area contributed by atoms with Crippen molar-refractivity contribution >= 4 is 0 Å². The van der Waals surface area contributed by atoms with Crippen LogP contribution in [0.3, 0.4) is 0 Å². The Kier molecular flexibility index (Phi) is 7.20. The molecule has 0 aromatic heterocycles. The van der Waals surface area contributed by atoms with Crippen LogP contribution in [0.2, 0.25) is 0 Å². The Morgan fingerprint density at radius 3 is 2.00 bits per heavy atom. The summed E-state index contributed by atoms with van der Waals surface area (Å²) in [6, 6.07) is 0. The van der Waals surface area contributed by atoms with Crippen molar-refractivity contribution in [1.82, 2.24) is 10.2 Å². The maximum absolute atomic E-state index is 3.37. The van der Waals surface area contributed by atoms with Crippen molar-refractivity contribution in [2.24, 2.45) is 5.41 Å². The summed E-state index contributed by atoms with van der Waals surface area (Å²) in [5, 5.41) is 3.37. The molecule has 0 unspecified atom stereocenters. The maximum atomic E-state index is 3.37. The second-order valence-electron chi connectivity index (χ2n) is 4.90. The lowest BCUT2D eigenvalue weighted by Crippen LogP contribution is -2.44. The number of nitrogens with one attached hydrogen (secondary N) is 1. The van der Waals surface area contributed by atoms with Crippen LogP contribution in [0, 0.1) is 5.41 Å². The molecule has 0 aromatic carbocycles. The van der Waals surface area contributed by atoms with Gasteiger partial charge < -0.3 is 10.2 Å². The summed E-state index contributed by atoms with van der Waals surface area (Å²) in [7, 11) is 0. The van der Waals surface area contributed by atoms with Crippen LogP contribution in [0.15, 0.2) is 0 Å². The highest BCUT2D eigenvalue weighted by Gasteiger charge is 2.14. The Morgan fingerprint density at radius 2 is 1.57 bits per heavy atom. The third-order valence-electron chi connectivity index (χ3n) is 2.39. The monoisotopic (exact) mass is 200 g/mol. The number of piperazine rings is 1. The van der Waals surface area contributed by atoms with Gasteiger partial charge in [0, 0.05) is 26.2 Å². The first kappa shape index (κ1) is 13.9. The van der Waals surface area contributed by atoms with Gasteiger partial charge >= 0.3 is 0 Å². The van der Waals surface area contributed by atoms with E-state index in [1.54, 1.807) is 0 Å². The molecule has 0 bridgehead atoms. The van der Waals surface area contributed by atoms with Crippen LogP contribution in [0.5, 0.6) is 0 Å². The Bertz CT molecular complexity index is 121. The molecule has 86 valence electrons. The maximum Gasteiger partial charge on any atom is 0.0107 e. The van der Waals surface area contributed by atoms with E-state index < -0.39 is 0 Å². The summed E-state index contributed by atoms with van der Waals surface area (Å²) < 4.78 is 0. The average Bonchev–Trinajstić information content (AvgIpc) is 2.19. The van der Waals surface area contributed by atoms with Gasteiger partial charge in [0.15, 0.2) is 0 Å². The molecule has 1 saturated heterocycles. The fourth-order valence-electron chi connectivity index (χ4n) is 1.43. The molecule has 0 atom stereocenters. The van der Waals surface area contributed by atoms with Gasteiger partial charge in [-0.3, -0.25) is 0 Å². The van der Waals surface area contributed by atoms with E-state index in [-0.39, 0.29) is 0 Å². The van der Waals surface area contributed by atoms with Crippen molar-refractivity contribution in [1.29, 1.82) is 0 Å². The molecule has 0 amide bonds. The van der Waals surface area contributed by atoms with Gasteiger partial charge in [-0.1, -0.05) is 34.6 Å². The summed E-state index contributed by atoms with van der Waals surface area (Å²) >= 11 is 0. The van der Waals surface area contributed by atoms with Crippen LogP contribution in [-0.4, -0.2) is 37.6 Å². The Morgan fingerprint density at radius 1 is 1.07 bits per heavy atom. The molecule has 1 aliphatic heterocycles. The van der Waals surface area contributed by atoms with Crippen molar-refractivity contribution in [2.75, 3.05) is 32.7 Å². The van der Waals surface area contributed by atoms with Crippen LogP contribution in [-0.2, 0) is 0 Å². The molecule has 1 heterocycles. The molecule has 2 nitrogen and oxygen atoms in total. The van der Waals surface area contributed by atoms with E-state index in [0.717, 1.165) is 0 Å². The minimum atomic E-state index is 0.491. The van der Waals surface area contributed by atoms with Crippen molar-refractivity contribution < 1.29 is 0 Å². The summed E-state index contributed by atoms with van der Waals surface area (Å²) in [5.74, 6) is 0. The molecule has 1 aliphatic rings. The number of hydrogen-bond acceptors (Lipinski definition) is 2. The van der Waals surface area contributed by atoms with Crippen molar-refractivity contribution in [2.45, 2.75) is 41.0 Å². The molecule has 1 N–H and O–H groups in total. The Labute approximate surface area is 90.1 Å². The topological polar surface area (TPSA) is 15.3 Å². The number of hydrogen-bond donors (Lipinski definition) is 1. The van der Waals surface area contributed by atoms with Crippen molar-refractivity contribution in [3.05, 3.63) is 0 Å². The third-order valence-corrected chi connectivity index (χ3v) is 2.39. The molecule has 0 radical (unpaired) electrons. The summed E-state index contributed by atoms with van der Waals surface area (Å²) in [6.45, 7) is 17.0. The lowest BCUT2D eigenvalue weighted by atomic mass is 9.92. The van der Waals surface area contributed by atoms with Gasteiger partial charge in [0.25, 0.3) is 0 Å². The summed E-state index contributed by atoms with van der Waals surface area (Å²) in [6.07, 6.45) is 1.31. The number of nitrogens with zero attached hydrogens (tertiary/aromatic N) is 1. The summed E-state index contributed by atoms with van der Waals surface area (Å²) in [5.41, 5.74) is 0.491. The minimum Gasteiger partial charge on any atom is -0.314 e. The first-order valence-electron chi connectivity index (χ1n) is 6.01. The molecular formula is C12H28N2. The smallest absolute Gasteiger partial charge is 0.0107 e. The molecule has 1 fully saturated rings. The van der Waals surface area contributed by atoms with Crippen LogP contribution in [0.1, 0.15) is 41.0 Å². The summed E-state index contributed by atoms with van der Waals surface area (Å²) in [4.78, 5) is 2.56. The average molecular weight is 200 g/mol. The highest BCUT2D eigenvalue weighted by Crippen LogP contribution is 2.18. The van der Waals surface area contributed by atoms with Gasteiger partial charge in [-0.15, -0.1) is 0 Å². The molecular weight excluding hydrogens is 172 g/mol. The van der Waals surface area contributed by atoms with E-state index in [1.807, 2.05) is 13.8 Å². The Balaban J connectivity index is 0.000000791. The van der Waals surface area contributed by atoms with Gasteiger partial charge in [0.05, 0.1) is 0 Å². The van der Waals surface area contributed by atoms with Gasteiger partial charge in [-0.25, -0.2) is 0 Å². The third kappa shape index (κ3) is 7.34. The molecule has 0 aliphatic carbocycles. The predicted octanol–water partition coefficient (Wildman–Crippen LogP) is 2.35. The minimum absolute atomic E-state index is 0.491. The lowest BCUT2D eigenvalue weighted by Gasteiger charge is -2.30. The van der Waals surface area contributed by atoms with Gasteiger partial charge in [0.1, 0.15) is 0 Å². The normalized spacial score (nSPS) is 18.6. The quantitative estimate of drug-likeness (QED) is 0.736. The van der Waals surface area contributed by atoms with Crippen LogP contribution >= 0.6 is 0 Å². The molecule has 2 heteroatoms. The molecule has 0 spiro atoms. The highest BCUT2D eigenvalue weighted by atomic mass is 15.2. The first-order chi connectivity index (χ1) is 6.58. The van der Waals surface area contributed by atoms with Crippen molar-refractivity contribution in [3.8, 4) is 0 Å². The molecule has 1 rings (SSSR count). The SMILES string of the molecule is CC.CC(C)(C)CCN1CCNCC1. The van der Waals surface area contributed by atoms with E-state index in [2.05, 4.69) is 31.0 Å². The van der Waals surface area contributed by atoms with Crippen molar-refractivity contribution in [3.63, 3.8) is 0 Å². The zero-order valence-corrected chi connectivity index (χ0v) is 10.7. The van der Waals surface area contributed by atoms with Crippen LogP contribution in [0.25, 0.3) is 0 Å². The fourth-order valence-corrected chi connectivity index (χ4v) is 1.43. The molecule has 14 heavy (non-hydrogen) atoms.